The summed E-state index contributed by atoms with van der Waals surface area (Å²) in [5.41, 5.74) is 8.22. The number of nitrogens with two attached hydrogens (primary N) is 1. The van der Waals surface area contributed by atoms with Crippen molar-refractivity contribution in [3.05, 3.63) is 59.2 Å². The zero-order valence-electron chi connectivity index (χ0n) is 11.1. The Morgan fingerprint density at radius 2 is 1.95 bits per heavy atom. The van der Waals surface area contributed by atoms with Crippen LogP contribution in [-0.4, -0.2) is 0 Å². The van der Waals surface area contributed by atoms with Gasteiger partial charge in [-0.1, -0.05) is 25.1 Å². The highest BCUT2D eigenvalue weighted by Gasteiger charge is 2.18. The van der Waals surface area contributed by atoms with Gasteiger partial charge in [-0.25, -0.2) is 0 Å². The zero-order valence-corrected chi connectivity index (χ0v) is 11.1. The summed E-state index contributed by atoms with van der Waals surface area (Å²) in [6, 6.07) is 11.6. The Morgan fingerprint density at radius 1 is 1.11 bits per heavy atom. The third kappa shape index (κ3) is 2.06. The topological polar surface area (TPSA) is 52.3 Å². The summed E-state index contributed by atoms with van der Waals surface area (Å²) in [7, 11) is 0. The van der Waals surface area contributed by atoms with Crippen LogP contribution >= 0.6 is 0 Å². The van der Waals surface area contributed by atoms with E-state index in [1.807, 2.05) is 43.3 Å². The smallest absolute Gasteiger partial charge is 0.137 e. The molecular weight excluding hydrogens is 238 g/mol. The Bertz CT molecular complexity index is 708. The fourth-order valence-electron chi connectivity index (χ4n) is 2.27. The average Bonchev–Trinajstić information content (AvgIpc) is 3.05. The first-order valence-electron chi connectivity index (χ1n) is 6.52. The molecule has 2 heterocycles. The van der Waals surface area contributed by atoms with Crippen molar-refractivity contribution in [1.82, 2.24) is 0 Å². The Balaban J connectivity index is 2.01. The van der Waals surface area contributed by atoms with Gasteiger partial charge in [0.1, 0.15) is 28.9 Å². The van der Waals surface area contributed by atoms with Gasteiger partial charge in [0, 0.05) is 11.8 Å². The van der Waals surface area contributed by atoms with E-state index in [1.54, 1.807) is 0 Å². The Morgan fingerprint density at radius 3 is 2.63 bits per heavy atom. The highest BCUT2D eigenvalue weighted by molar-refractivity contribution is 5.81. The van der Waals surface area contributed by atoms with Gasteiger partial charge in [0.2, 0.25) is 0 Å². The number of rotatable bonds is 3. The lowest BCUT2D eigenvalue weighted by atomic mass is 10.1. The molecule has 3 nitrogen and oxygen atoms in total. The molecule has 0 radical (unpaired) electrons. The molecule has 1 unspecified atom stereocenters. The Kier molecular flexibility index (Phi) is 2.91. The van der Waals surface area contributed by atoms with E-state index >= 15 is 0 Å². The Hall–Kier alpha value is -2.00. The molecule has 0 saturated heterocycles. The van der Waals surface area contributed by atoms with Gasteiger partial charge >= 0.3 is 0 Å². The third-order valence-corrected chi connectivity index (χ3v) is 3.40. The van der Waals surface area contributed by atoms with Crippen LogP contribution in [0, 0.1) is 6.92 Å². The van der Waals surface area contributed by atoms with Crippen LogP contribution in [0.1, 0.15) is 35.8 Å². The molecule has 2 N–H and O–H groups in total. The largest absolute Gasteiger partial charge is 0.464 e. The van der Waals surface area contributed by atoms with Crippen molar-refractivity contribution in [3.8, 4) is 0 Å². The highest BCUT2D eigenvalue weighted by atomic mass is 16.4. The minimum Gasteiger partial charge on any atom is -0.464 e. The SMILES string of the molecule is CCc1ccc(C(N)c2cc3cccc(C)c3o2)o1. The summed E-state index contributed by atoms with van der Waals surface area (Å²) in [4.78, 5) is 0. The van der Waals surface area contributed by atoms with Crippen LogP contribution in [0.25, 0.3) is 11.0 Å². The molecule has 0 aliphatic heterocycles. The van der Waals surface area contributed by atoms with Crippen LogP contribution in [0.5, 0.6) is 0 Å². The minimum absolute atomic E-state index is 0.355. The maximum absolute atomic E-state index is 6.21. The molecule has 0 amide bonds. The molecule has 1 aromatic carbocycles. The molecule has 3 aromatic rings. The van der Waals surface area contributed by atoms with E-state index in [0.29, 0.717) is 0 Å². The van der Waals surface area contributed by atoms with E-state index in [9.17, 15) is 0 Å². The fraction of sp³-hybridized carbons (Fsp3) is 0.250. The molecule has 1 atom stereocenters. The molecule has 0 spiro atoms. The van der Waals surface area contributed by atoms with E-state index in [1.165, 1.54) is 0 Å². The summed E-state index contributed by atoms with van der Waals surface area (Å²) < 4.78 is 11.6. The fourth-order valence-corrected chi connectivity index (χ4v) is 2.27. The first-order valence-corrected chi connectivity index (χ1v) is 6.52. The number of benzene rings is 1. The normalized spacial score (nSPS) is 13.0. The van der Waals surface area contributed by atoms with Crippen molar-refractivity contribution in [2.75, 3.05) is 0 Å². The highest BCUT2D eigenvalue weighted by Crippen LogP contribution is 2.29. The molecule has 19 heavy (non-hydrogen) atoms. The molecule has 98 valence electrons. The third-order valence-electron chi connectivity index (χ3n) is 3.40. The molecule has 0 fully saturated rings. The van der Waals surface area contributed by atoms with Crippen molar-refractivity contribution in [1.29, 1.82) is 0 Å². The van der Waals surface area contributed by atoms with Gasteiger partial charge in [-0.05, 0) is 30.7 Å². The standard InChI is InChI=1S/C16H17NO2/c1-3-12-7-8-13(18-12)15(17)14-9-11-6-4-5-10(2)16(11)19-14/h4-9,15H,3,17H2,1-2H3. The van der Waals surface area contributed by atoms with E-state index in [4.69, 9.17) is 14.6 Å². The summed E-state index contributed by atoms with van der Waals surface area (Å²) in [5, 5.41) is 1.08. The molecule has 0 aliphatic carbocycles. The summed E-state index contributed by atoms with van der Waals surface area (Å²) in [6.07, 6.45) is 0.867. The number of para-hydroxylation sites is 1. The first kappa shape index (κ1) is 12.1. The van der Waals surface area contributed by atoms with Gasteiger partial charge in [-0.3, -0.25) is 0 Å². The predicted molar refractivity (Wildman–Crippen MR) is 75.1 cm³/mol. The van der Waals surface area contributed by atoms with Gasteiger partial charge in [0.15, 0.2) is 0 Å². The Labute approximate surface area is 112 Å². The minimum atomic E-state index is -0.355. The molecule has 0 saturated carbocycles. The first-order chi connectivity index (χ1) is 9.19. The van der Waals surface area contributed by atoms with E-state index < -0.39 is 0 Å². The van der Waals surface area contributed by atoms with E-state index in [-0.39, 0.29) is 6.04 Å². The number of furan rings is 2. The number of fused-ring (bicyclic) bond motifs is 1. The average molecular weight is 255 g/mol. The van der Waals surface area contributed by atoms with E-state index in [0.717, 1.165) is 40.2 Å². The number of hydrogen-bond acceptors (Lipinski definition) is 3. The lowest BCUT2D eigenvalue weighted by Gasteiger charge is -2.04. The number of aryl methyl sites for hydroxylation is 2. The summed E-state index contributed by atoms with van der Waals surface area (Å²) in [5.74, 6) is 2.42. The lowest BCUT2D eigenvalue weighted by Crippen LogP contribution is -2.09. The monoisotopic (exact) mass is 255 g/mol. The van der Waals surface area contributed by atoms with Gasteiger partial charge in [-0.15, -0.1) is 0 Å². The van der Waals surface area contributed by atoms with Crippen LogP contribution in [0.15, 0.2) is 45.2 Å². The van der Waals surface area contributed by atoms with Crippen LogP contribution in [0.2, 0.25) is 0 Å². The number of hydrogen-bond donors (Lipinski definition) is 1. The second-order valence-corrected chi connectivity index (χ2v) is 4.78. The zero-order chi connectivity index (χ0) is 13.4. The van der Waals surface area contributed by atoms with Gasteiger partial charge < -0.3 is 14.6 Å². The summed E-state index contributed by atoms with van der Waals surface area (Å²) >= 11 is 0. The second kappa shape index (κ2) is 4.59. The van der Waals surface area contributed by atoms with Crippen molar-refractivity contribution in [2.24, 2.45) is 5.73 Å². The molecule has 3 rings (SSSR count). The maximum Gasteiger partial charge on any atom is 0.137 e. The van der Waals surface area contributed by atoms with Crippen molar-refractivity contribution in [3.63, 3.8) is 0 Å². The predicted octanol–water partition coefficient (Wildman–Crippen LogP) is 3.94. The lowest BCUT2D eigenvalue weighted by molar-refractivity contribution is 0.423. The van der Waals surface area contributed by atoms with Crippen LogP contribution in [-0.2, 0) is 6.42 Å². The quantitative estimate of drug-likeness (QED) is 0.771. The molecule has 2 aromatic heterocycles. The van der Waals surface area contributed by atoms with Gasteiger partial charge in [-0.2, -0.15) is 0 Å². The van der Waals surface area contributed by atoms with Crippen LogP contribution < -0.4 is 5.73 Å². The summed E-state index contributed by atoms with van der Waals surface area (Å²) in [6.45, 7) is 4.09. The van der Waals surface area contributed by atoms with Crippen molar-refractivity contribution < 1.29 is 8.83 Å². The second-order valence-electron chi connectivity index (χ2n) is 4.78. The van der Waals surface area contributed by atoms with Crippen molar-refractivity contribution >= 4 is 11.0 Å². The van der Waals surface area contributed by atoms with Crippen molar-refractivity contribution in [2.45, 2.75) is 26.3 Å². The van der Waals surface area contributed by atoms with Crippen LogP contribution in [0.4, 0.5) is 0 Å². The van der Waals surface area contributed by atoms with Gasteiger partial charge in [0.05, 0.1) is 0 Å². The van der Waals surface area contributed by atoms with Crippen LogP contribution in [0.3, 0.4) is 0 Å². The molecule has 0 aliphatic rings. The van der Waals surface area contributed by atoms with Gasteiger partial charge in [0.25, 0.3) is 0 Å². The maximum atomic E-state index is 6.21. The molecule has 3 heteroatoms. The van der Waals surface area contributed by atoms with E-state index in [2.05, 4.69) is 6.92 Å². The molecule has 0 bridgehead atoms. The molecular formula is C16H17NO2.